The van der Waals surface area contributed by atoms with Crippen molar-refractivity contribution in [2.24, 2.45) is 0 Å². The Balaban J connectivity index is -0.000000349. The molecule has 1 aliphatic rings. The van der Waals surface area contributed by atoms with Crippen molar-refractivity contribution in [3.8, 4) is 5.75 Å². The minimum absolute atomic E-state index is 0. The second kappa shape index (κ2) is 13.5. The molecule has 0 unspecified atom stereocenters. The fourth-order valence-electron chi connectivity index (χ4n) is 1.85. The summed E-state index contributed by atoms with van der Waals surface area (Å²) in [5.74, 6) is 1.25. The molecule has 4 heteroatoms. The summed E-state index contributed by atoms with van der Waals surface area (Å²) in [4.78, 5) is 0. The number of aromatic hydroxyl groups is 1. The van der Waals surface area contributed by atoms with E-state index in [1.54, 1.807) is 0 Å². The van der Waals surface area contributed by atoms with E-state index in [-0.39, 0.29) is 46.5 Å². The predicted molar refractivity (Wildman–Crippen MR) is 77.9 cm³/mol. The van der Waals surface area contributed by atoms with Crippen LogP contribution >= 0.6 is 0 Å². The molecular weight excluding hydrogens is 339 g/mol. The molecule has 0 amide bonds. The van der Waals surface area contributed by atoms with Crippen molar-refractivity contribution in [3.63, 3.8) is 0 Å². The first-order valence-electron chi connectivity index (χ1n) is 6.57. The van der Waals surface area contributed by atoms with E-state index in [4.69, 9.17) is 0 Å². The maximum absolute atomic E-state index is 9.93. The third kappa shape index (κ3) is 8.73. The quantitative estimate of drug-likeness (QED) is 0.526. The summed E-state index contributed by atoms with van der Waals surface area (Å²) in [6, 6.07) is 6.00. The van der Waals surface area contributed by atoms with E-state index in [1.165, 1.54) is 0 Å². The van der Waals surface area contributed by atoms with Gasteiger partial charge in [-0.25, -0.2) is 12.2 Å². The molecule has 0 atom stereocenters. The van der Waals surface area contributed by atoms with Gasteiger partial charge in [0.2, 0.25) is 0 Å². The van der Waals surface area contributed by atoms with Gasteiger partial charge in [0.15, 0.2) is 0 Å². The van der Waals surface area contributed by atoms with Gasteiger partial charge in [-0.2, -0.15) is 6.08 Å². The van der Waals surface area contributed by atoms with E-state index in [2.05, 4.69) is 39.8 Å². The zero-order valence-electron chi connectivity index (χ0n) is 13.0. The minimum Gasteiger partial charge on any atom is -1.00 e. The molecule has 1 aromatic rings. The van der Waals surface area contributed by atoms with Crippen LogP contribution in [-0.4, -0.2) is 5.11 Å². The van der Waals surface area contributed by atoms with Crippen LogP contribution in [0.15, 0.2) is 36.4 Å². The fraction of sp³-hybridized carbons (Fsp3) is 0.412. The van der Waals surface area contributed by atoms with Gasteiger partial charge in [0.05, 0.1) is 0 Å². The number of phenolic OH excluding ortho intramolecular Hbond substituents is 1. The Bertz CT molecular complexity index is 404. The van der Waals surface area contributed by atoms with Crippen LogP contribution in [-0.2, 0) is 21.7 Å². The van der Waals surface area contributed by atoms with Gasteiger partial charge in [-0.05, 0) is 23.0 Å². The second-order valence-corrected chi connectivity index (χ2v) is 5.10. The fourth-order valence-corrected chi connectivity index (χ4v) is 1.85. The van der Waals surface area contributed by atoms with Gasteiger partial charge in [0.1, 0.15) is 5.75 Å². The van der Waals surface area contributed by atoms with Crippen LogP contribution in [0.4, 0.5) is 0 Å². The molecule has 0 fully saturated rings. The molecule has 1 aliphatic carbocycles. The van der Waals surface area contributed by atoms with Crippen molar-refractivity contribution < 1.29 is 51.6 Å². The molecular formula is C17H23Cl2OTi. The molecule has 0 spiro atoms. The average molecular weight is 362 g/mol. The molecule has 0 aliphatic heterocycles. The molecule has 0 bridgehead atoms. The molecule has 1 radical (unpaired) electrons. The number of allylic oxidation sites excluding steroid dienone is 4. The van der Waals surface area contributed by atoms with E-state index in [9.17, 15) is 5.11 Å². The Morgan fingerprint density at radius 1 is 1.00 bits per heavy atom. The third-order valence-electron chi connectivity index (χ3n) is 2.93. The maximum atomic E-state index is 9.93. The topological polar surface area (TPSA) is 20.2 Å². The molecule has 2 rings (SSSR count). The Morgan fingerprint density at radius 3 is 1.71 bits per heavy atom. The Kier molecular flexibility index (Phi) is 16.5. The Labute approximate surface area is 156 Å². The molecule has 115 valence electrons. The summed E-state index contributed by atoms with van der Waals surface area (Å²) >= 11 is 0. The van der Waals surface area contributed by atoms with E-state index >= 15 is 0 Å². The predicted octanol–water partition coefficient (Wildman–Crippen LogP) is -1.05. The Morgan fingerprint density at radius 2 is 1.48 bits per heavy atom. The number of halogens is 2. The van der Waals surface area contributed by atoms with E-state index in [1.807, 2.05) is 30.4 Å². The summed E-state index contributed by atoms with van der Waals surface area (Å²) < 4.78 is 0. The van der Waals surface area contributed by atoms with Gasteiger partial charge in [-0.1, -0.05) is 45.9 Å². The van der Waals surface area contributed by atoms with Crippen LogP contribution < -0.4 is 24.8 Å². The monoisotopic (exact) mass is 361 g/mol. The Hall–Kier alpha value is -0.206. The van der Waals surface area contributed by atoms with Gasteiger partial charge in [0, 0.05) is 0 Å². The van der Waals surface area contributed by atoms with E-state index in [0.717, 1.165) is 17.5 Å². The van der Waals surface area contributed by atoms with Crippen molar-refractivity contribution in [3.05, 3.63) is 53.6 Å². The van der Waals surface area contributed by atoms with Crippen molar-refractivity contribution in [2.75, 3.05) is 0 Å². The number of hydrogen-bond acceptors (Lipinski definition) is 1. The first-order chi connectivity index (χ1) is 8.54. The van der Waals surface area contributed by atoms with Crippen LogP contribution in [0.5, 0.6) is 5.75 Å². The van der Waals surface area contributed by atoms with Crippen molar-refractivity contribution in [2.45, 2.75) is 46.0 Å². The summed E-state index contributed by atoms with van der Waals surface area (Å²) in [6.45, 7) is 8.39. The molecule has 21 heavy (non-hydrogen) atoms. The van der Waals surface area contributed by atoms with Crippen molar-refractivity contribution in [1.82, 2.24) is 0 Å². The van der Waals surface area contributed by atoms with E-state index in [0.29, 0.717) is 17.6 Å². The van der Waals surface area contributed by atoms with Gasteiger partial charge in [-0.3, -0.25) is 6.08 Å². The minimum atomic E-state index is 0. The molecule has 0 saturated carbocycles. The van der Waals surface area contributed by atoms with Crippen molar-refractivity contribution in [1.29, 1.82) is 0 Å². The SMILES string of the molecule is CC(C)c1cccc(C(C)C)c1O.[C-]1=CC=CC1.[Cl-].[Cl-].[Ti+3]. The summed E-state index contributed by atoms with van der Waals surface area (Å²) in [5.41, 5.74) is 2.09. The summed E-state index contributed by atoms with van der Waals surface area (Å²) in [6.07, 6.45) is 10.0. The molecule has 1 aromatic carbocycles. The first kappa shape index (κ1) is 25.7. The average Bonchev–Trinajstić information content (AvgIpc) is 2.87. The van der Waals surface area contributed by atoms with Gasteiger partial charge in [-0.15, -0.1) is 6.42 Å². The summed E-state index contributed by atoms with van der Waals surface area (Å²) in [5, 5.41) is 9.93. The first-order valence-corrected chi connectivity index (χ1v) is 6.57. The number of para-hydroxylation sites is 1. The molecule has 1 nitrogen and oxygen atoms in total. The van der Waals surface area contributed by atoms with Crippen LogP contribution in [0.25, 0.3) is 0 Å². The van der Waals surface area contributed by atoms with Gasteiger partial charge in [0.25, 0.3) is 0 Å². The normalized spacial score (nSPS) is 11.1. The van der Waals surface area contributed by atoms with E-state index < -0.39 is 0 Å². The number of phenols is 1. The smallest absolute Gasteiger partial charge is 1.00 e. The number of benzene rings is 1. The van der Waals surface area contributed by atoms with Gasteiger partial charge >= 0.3 is 21.7 Å². The molecule has 0 aromatic heterocycles. The van der Waals surface area contributed by atoms with Crippen LogP contribution in [0.1, 0.15) is 57.1 Å². The largest absolute Gasteiger partial charge is 3.00 e. The van der Waals surface area contributed by atoms with Crippen LogP contribution in [0, 0.1) is 6.08 Å². The molecule has 0 saturated heterocycles. The summed E-state index contributed by atoms with van der Waals surface area (Å²) in [7, 11) is 0. The van der Waals surface area contributed by atoms with Crippen molar-refractivity contribution >= 4 is 0 Å². The third-order valence-corrected chi connectivity index (χ3v) is 2.93. The zero-order valence-corrected chi connectivity index (χ0v) is 16.1. The second-order valence-electron chi connectivity index (χ2n) is 5.10. The number of hydrogen-bond donors (Lipinski definition) is 1. The van der Waals surface area contributed by atoms with Gasteiger partial charge < -0.3 is 29.9 Å². The maximum Gasteiger partial charge on any atom is 3.00 e. The molecule has 1 N–H and O–H groups in total. The van der Waals surface area contributed by atoms with Crippen LogP contribution in [0.2, 0.25) is 0 Å². The number of rotatable bonds is 2. The molecule has 0 heterocycles. The zero-order chi connectivity index (χ0) is 13.5. The van der Waals surface area contributed by atoms with Crippen LogP contribution in [0.3, 0.4) is 0 Å². The standard InChI is InChI=1S/C12H18O.C5H5.2ClH.Ti/c1-8(2)10-6-5-7-11(9(3)4)12(10)13;1-2-4-5-3-1;;;/h5-9,13H,1-4H3;1-3H,4H2;2*1H;/q;-1;;;+3/p-2.